The molecule has 1 fully saturated rings. The first kappa shape index (κ1) is 21.2. The number of ether oxygens (including phenoxy) is 1. The number of carbonyl (C=O) groups is 2. The van der Waals surface area contributed by atoms with E-state index in [4.69, 9.17) is 4.74 Å². The highest BCUT2D eigenvalue weighted by Crippen LogP contribution is 2.29. The van der Waals surface area contributed by atoms with Crippen molar-refractivity contribution in [2.45, 2.75) is 52.2 Å². The number of fused-ring (bicyclic) bond motifs is 3. The fourth-order valence-electron chi connectivity index (χ4n) is 4.69. The van der Waals surface area contributed by atoms with Crippen LogP contribution in [0, 0.1) is 0 Å². The summed E-state index contributed by atoms with van der Waals surface area (Å²) in [5.74, 6) is -1.20. The lowest BCUT2D eigenvalue weighted by atomic mass is 10.1. The first-order valence-corrected chi connectivity index (χ1v) is 10.9. The number of hydrogen-bond donors (Lipinski definition) is 2. The van der Waals surface area contributed by atoms with Crippen LogP contribution in [0.25, 0.3) is 11.0 Å². The maximum absolute atomic E-state index is 12.9. The molecule has 4 heterocycles. The predicted molar refractivity (Wildman–Crippen MR) is 119 cm³/mol. The molecule has 2 N–H and O–H groups in total. The van der Waals surface area contributed by atoms with Crippen LogP contribution in [0.4, 0.5) is 0 Å². The highest BCUT2D eigenvalue weighted by molar-refractivity contribution is 5.99. The molecule has 2 amide bonds. The van der Waals surface area contributed by atoms with Gasteiger partial charge in [-0.05, 0) is 32.9 Å². The molecule has 0 bridgehead atoms. The summed E-state index contributed by atoms with van der Waals surface area (Å²) >= 11 is 0. The zero-order valence-corrected chi connectivity index (χ0v) is 18.6. The fourth-order valence-corrected chi connectivity index (χ4v) is 4.69. The lowest BCUT2D eigenvalue weighted by Crippen LogP contribution is -2.49. The summed E-state index contributed by atoms with van der Waals surface area (Å²) in [6.45, 7) is 6.60. The molecule has 3 aromatic rings. The molecule has 2 aliphatic rings. The van der Waals surface area contributed by atoms with Crippen molar-refractivity contribution in [3.8, 4) is 5.75 Å². The molecule has 2 aromatic heterocycles. The number of nitrogens with zero attached hydrogens (tertiary/aromatic N) is 4. The van der Waals surface area contributed by atoms with Crippen LogP contribution in [0.3, 0.4) is 0 Å². The second kappa shape index (κ2) is 7.73. The van der Waals surface area contributed by atoms with Gasteiger partial charge >= 0.3 is 0 Å². The third-order valence-corrected chi connectivity index (χ3v) is 6.20. The predicted octanol–water partition coefficient (Wildman–Crippen LogP) is 1.62. The van der Waals surface area contributed by atoms with E-state index in [0.717, 1.165) is 11.0 Å². The Kier molecular flexibility index (Phi) is 4.97. The Morgan fingerprint density at radius 2 is 2.06 bits per heavy atom. The maximum Gasteiger partial charge on any atom is 0.276 e. The summed E-state index contributed by atoms with van der Waals surface area (Å²) in [7, 11) is 0. The van der Waals surface area contributed by atoms with Gasteiger partial charge in [0.15, 0.2) is 17.7 Å². The average Bonchev–Trinajstić information content (AvgIpc) is 3.34. The molecule has 2 atom stereocenters. The molecule has 0 spiro atoms. The van der Waals surface area contributed by atoms with Gasteiger partial charge in [-0.25, -0.2) is 4.98 Å². The zero-order valence-electron chi connectivity index (χ0n) is 18.6. The Hall–Kier alpha value is -3.66. The standard InChI is InChI=1S/C23H25N5O5/c1-12(2)27-16-7-5-4-6-15(16)25-17(27)8-24-22(31)14-9-26-10-18-28(13(3)11-33-18)23(32)19(26)21(30)20(14)29/h4-7,9,12-13,18,30H,8,10-11H2,1-3H3,(H,24,31)/t13-,18+/m0/s1. The van der Waals surface area contributed by atoms with Crippen LogP contribution in [-0.2, 0) is 17.8 Å². The second-order valence-electron chi connectivity index (χ2n) is 8.73. The van der Waals surface area contributed by atoms with E-state index in [1.165, 1.54) is 15.7 Å². The fraction of sp³-hybridized carbons (Fsp3) is 0.391. The molecule has 5 rings (SSSR count). The smallest absolute Gasteiger partial charge is 0.276 e. The van der Waals surface area contributed by atoms with Crippen LogP contribution in [-0.4, -0.2) is 54.8 Å². The quantitative estimate of drug-likeness (QED) is 0.622. The Morgan fingerprint density at radius 1 is 1.30 bits per heavy atom. The summed E-state index contributed by atoms with van der Waals surface area (Å²) in [4.78, 5) is 44.7. The number of hydrogen-bond acceptors (Lipinski definition) is 6. The van der Waals surface area contributed by atoms with Crippen LogP contribution in [0.1, 0.15) is 53.5 Å². The molecule has 10 nitrogen and oxygen atoms in total. The number of aromatic nitrogens is 3. The lowest BCUT2D eigenvalue weighted by Gasteiger charge is -2.33. The number of carbonyl (C=O) groups excluding carboxylic acids is 2. The van der Waals surface area contributed by atoms with Crippen molar-refractivity contribution >= 4 is 22.8 Å². The highest BCUT2D eigenvalue weighted by Gasteiger charge is 2.42. The van der Waals surface area contributed by atoms with Crippen molar-refractivity contribution in [2.24, 2.45) is 0 Å². The van der Waals surface area contributed by atoms with E-state index in [9.17, 15) is 19.5 Å². The minimum absolute atomic E-state index is 0.101. The SMILES string of the molecule is CC(C)n1c(CNC(=O)c2cn3c(c(O)c2=O)C(=O)N2[C@@H](C)CO[C@@H]2C3)nc2ccccc21. The Morgan fingerprint density at radius 3 is 2.82 bits per heavy atom. The average molecular weight is 451 g/mol. The summed E-state index contributed by atoms with van der Waals surface area (Å²) < 4.78 is 9.10. The zero-order chi connectivity index (χ0) is 23.4. The summed E-state index contributed by atoms with van der Waals surface area (Å²) in [5.41, 5.74) is 0.533. The van der Waals surface area contributed by atoms with Gasteiger partial charge in [0.1, 0.15) is 11.4 Å². The molecule has 0 radical (unpaired) electrons. The van der Waals surface area contributed by atoms with E-state index in [-0.39, 0.29) is 36.4 Å². The van der Waals surface area contributed by atoms with Crippen molar-refractivity contribution in [1.82, 2.24) is 24.3 Å². The topological polar surface area (TPSA) is 119 Å². The first-order chi connectivity index (χ1) is 15.8. The van der Waals surface area contributed by atoms with E-state index in [0.29, 0.717) is 12.4 Å². The largest absolute Gasteiger partial charge is 0.503 e. The number of benzene rings is 1. The number of pyridine rings is 1. The normalized spacial score (nSPS) is 19.8. The molecule has 1 saturated heterocycles. The van der Waals surface area contributed by atoms with Crippen LogP contribution in [0.15, 0.2) is 35.3 Å². The number of amides is 2. The molecule has 0 unspecified atom stereocenters. The van der Waals surface area contributed by atoms with E-state index >= 15 is 0 Å². The Balaban J connectivity index is 1.45. The van der Waals surface area contributed by atoms with Gasteiger partial charge < -0.3 is 29.2 Å². The number of imidazole rings is 1. The minimum atomic E-state index is -0.879. The number of para-hydroxylation sites is 2. The van der Waals surface area contributed by atoms with Crippen molar-refractivity contribution in [2.75, 3.05) is 6.61 Å². The monoisotopic (exact) mass is 451 g/mol. The summed E-state index contributed by atoms with van der Waals surface area (Å²) in [6.07, 6.45) is 0.823. The molecule has 10 heteroatoms. The molecule has 33 heavy (non-hydrogen) atoms. The lowest BCUT2D eigenvalue weighted by molar-refractivity contribution is 0.00624. The molecular weight excluding hydrogens is 426 g/mol. The van der Waals surface area contributed by atoms with E-state index in [1.54, 1.807) is 0 Å². The van der Waals surface area contributed by atoms with E-state index < -0.39 is 29.2 Å². The Labute approximate surface area is 189 Å². The van der Waals surface area contributed by atoms with Gasteiger partial charge in [0, 0.05) is 12.2 Å². The van der Waals surface area contributed by atoms with Gasteiger partial charge in [0.05, 0.1) is 36.8 Å². The summed E-state index contributed by atoms with van der Waals surface area (Å²) in [6, 6.07) is 7.66. The third-order valence-electron chi connectivity index (χ3n) is 6.20. The molecule has 0 saturated carbocycles. The van der Waals surface area contributed by atoms with Crippen molar-refractivity contribution < 1.29 is 19.4 Å². The molecule has 172 valence electrons. The molecular formula is C23H25N5O5. The van der Waals surface area contributed by atoms with Crippen LogP contribution < -0.4 is 10.7 Å². The van der Waals surface area contributed by atoms with Gasteiger partial charge in [-0.3, -0.25) is 14.4 Å². The van der Waals surface area contributed by atoms with Crippen LogP contribution in [0.5, 0.6) is 5.75 Å². The molecule has 2 aliphatic heterocycles. The van der Waals surface area contributed by atoms with Gasteiger partial charge in [-0.15, -0.1) is 0 Å². The molecule has 0 aliphatic carbocycles. The van der Waals surface area contributed by atoms with E-state index in [2.05, 4.69) is 10.3 Å². The maximum atomic E-state index is 12.9. The van der Waals surface area contributed by atoms with Gasteiger partial charge in [-0.2, -0.15) is 0 Å². The first-order valence-electron chi connectivity index (χ1n) is 10.9. The minimum Gasteiger partial charge on any atom is -0.503 e. The van der Waals surface area contributed by atoms with Gasteiger partial charge in [-0.1, -0.05) is 12.1 Å². The number of rotatable bonds is 4. The van der Waals surface area contributed by atoms with Gasteiger partial charge in [0.25, 0.3) is 11.8 Å². The van der Waals surface area contributed by atoms with Crippen molar-refractivity contribution in [3.63, 3.8) is 0 Å². The number of nitrogens with one attached hydrogen (secondary N) is 1. The molecule has 1 aromatic carbocycles. The number of aromatic hydroxyl groups is 1. The van der Waals surface area contributed by atoms with Crippen LogP contribution >= 0.6 is 0 Å². The Bertz CT molecular complexity index is 1340. The summed E-state index contributed by atoms with van der Waals surface area (Å²) in [5, 5.41) is 13.3. The van der Waals surface area contributed by atoms with Gasteiger partial charge in [0.2, 0.25) is 5.43 Å². The van der Waals surface area contributed by atoms with Crippen molar-refractivity contribution in [3.05, 3.63) is 57.8 Å². The highest BCUT2D eigenvalue weighted by atomic mass is 16.5. The van der Waals surface area contributed by atoms with E-state index in [1.807, 2.05) is 49.6 Å². The van der Waals surface area contributed by atoms with Crippen LogP contribution in [0.2, 0.25) is 0 Å². The third kappa shape index (κ3) is 3.29. The van der Waals surface area contributed by atoms with Crippen molar-refractivity contribution in [1.29, 1.82) is 0 Å². The second-order valence-corrected chi connectivity index (χ2v) is 8.73.